The van der Waals surface area contributed by atoms with Gasteiger partial charge in [0.1, 0.15) is 0 Å². The zero-order valence-corrected chi connectivity index (χ0v) is 8.52. The molecule has 0 aromatic rings. The van der Waals surface area contributed by atoms with E-state index in [-0.39, 0.29) is 55.6 Å². The van der Waals surface area contributed by atoms with Crippen LogP contribution in [-0.4, -0.2) is 0 Å². The molecule has 8 nitrogen and oxygen atoms in total. The number of hydrogen-bond donors (Lipinski definition) is 5. The summed E-state index contributed by atoms with van der Waals surface area (Å²) in [6, 6.07) is 0. The topological polar surface area (TPSA) is 224 Å². The normalized spacial score (nSPS) is 1.55. The first-order chi connectivity index (χ1) is 1.91. The molecule has 0 amide bonds. The number of hydrogen-bond acceptors (Lipinski definition) is 6. The molecule has 11 heavy (non-hydrogen) atoms. The zero-order valence-electron chi connectivity index (χ0n) is 5.97. The molecule has 11 heteroatoms. The van der Waals surface area contributed by atoms with Crippen molar-refractivity contribution in [3.05, 3.63) is 10.4 Å². The molecule has 0 radical (unpaired) electrons. The molecule has 0 aliphatic heterocycles. The Morgan fingerprint density at radius 2 is 1.00 bits per heavy atom. The quantitative estimate of drug-likeness (QED) is 0.164. The Labute approximate surface area is 86.4 Å². The Bertz CT molecular complexity index is 50.1. The minimum atomic E-state index is 0. The van der Waals surface area contributed by atoms with Crippen molar-refractivity contribution in [2.45, 2.75) is 0 Å². The van der Waals surface area contributed by atoms with Crippen LogP contribution < -0.4 is 55.6 Å². The van der Waals surface area contributed by atoms with Crippen molar-refractivity contribution >= 4 is 0 Å². The van der Waals surface area contributed by atoms with Gasteiger partial charge in [-0.3, -0.25) is 0 Å². The number of rotatable bonds is 0. The Morgan fingerprint density at radius 3 is 1.00 bits per heavy atom. The summed E-state index contributed by atoms with van der Waals surface area (Å²) in [5.41, 5.74) is 7.26. The maximum atomic E-state index is 7.26. The van der Waals surface area contributed by atoms with Gasteiger partial charge in [0.2, 0.25) is 0 Å². The summed E-state index contributed by atoms with van der Waals surface area (Å²) in [6.45, 7) is 0. The molecule has 0 saturated carbocycles. The molecule has 0 aromatic carbocycles. The monoisotopic (exact) mass is 256 g/mol. The van der Waals surface area contributed by atoms with E-state index in [4.69, 9.17) is 5.53 Å². The van der Waals surface area contributed by atoms with Crippen molar-refractivity contribution in [2.75, 3.05) is 0 Å². The maximum absolute atomic E-state index is 7.26. The Balaban J connectivity index is -0.00000000214. The molecule has 78 valence electrons. The fourth-order valence-corrected chi connectivity index (χ4v) is 0. The van der Waals surface area contributed by atoms with Crippen molar-refractivity contribution in [1.29, 1.82) is 0 Å². The summed E-state index contributed by atoms with van der Waals surface area (Å²) >= 11 is 3.17. The first-order valence-corrected chi connectivity index (χ1v) is 1.01. The molecular weight excluding hydrogens is 242 g/mol. The van der Waals surface area contributed by atoms with Crippen LogP contribution >= 0.6 is 0 Å². The summed E-state index contributed by atoms with van der Waals surface area (Å²) in [6.07, 6.45) is 0. The predicted molar refractivity (Wildman–Crippen MR) is 34.3 cm³/mol. The van der Waals surface area contributed by atoms with Gasteiger partial charge in [0, 0.05) is 0 Å². The minimum absolute atomic E-state index is 0. The summed E-state index contributed by atoms with van der Waals surface area (Å²) in [4.78, 5) is 2.22. The predicted octanol–water partition coefficient (Wildman–Crippen LogP) is -4.42. The third kappa shape index (κ3) is 479. The van der Waals surface area contributed by atoms with E-state index in [9.17, 15) is 0 Å². The Kier molecular flexibility index (Phi) is 1850. The second kappa shape index (κ2) is 179. The van der Waals surface area contributed by atoms with Gasteiger partial charge in [-0.15, -0.1) is 0 Å². The van der Waals surface area contributed by atoms with Gasteiger partial charge in [-0.2, -0.15) is 0 Å². The van der Waals surface area contributed by atoms with E-state index in [0.29, 0.717) is 0 Å². The van der Waals surface area contributed by atoms with Crippen molar-refractivity contribution in [3.8, 4) is 0 Å². The van der Waals surface area contributed by atoms with Crippen LogP contribution in [0.15, 0.2) is 4.16 Å². The summed E-state index contributed by atoms with van der Waals surface area (Å²) in [5.74, 6) is 0. The van der Waals surface area contributed by atoms with Crippen LogP contribution in [0.2, 0.25) is 0 Å². The second-order valence-electron chi connectivity index (χ2n) is 0.156. The Hall–Kier alpha value is 0.196. The van der Waals surface area contributed by atoms with Gasteiger partial charge < -0.3 is 55.6 Å². The van der Waals surface area contributed by atoms with E-state index in [1.54, 1.807) is 0 Å². The fourth-order valence-electron chi connectivity index (χ4n) is 0. The van der Waals surface area contributed by atoms with Crippen molar-refractivity contribution < 1.29 is 40.8 Å². The van der Waals surface area contributed by atoms with E-state index in [2.05, 4.69) is 25.0 Å². The molecule has 0 saturated heterocycles. The van der Waals surface area contributed by atoms with Gasteiger partial charge in [0.25, 0.3) is 0 Å². The summed E-state index contributed by atoms with van der Waals surface area (Å²) < 4.78 is 2.60. The van der Waals surface area contributed by atoms with Gasteiger partial charge in [0.15, 0.2) is 0 Å². The molecule has 0 unspecified atom stereocenters. The molecule has 0 aliphatic carbocycles. The molecule has 0 bridgehead atoms. The molecule has 0 heterocycles. The van der Waals surface area contributed by atoms with E-state index in [1.807, 2.05) is 0 Å². The number of azide groups is 1. The van der Waals surface area contributed by atoms with Gasteiger partial charge in [-0.1, -0.05) is 0 Å². The van der Waals surface area contributed by atoms with Crippen LogP contribution in [0.1, 0.15) is 0 Å². The first kappa shape index (κ1) is 114. The van der Waals surface area contributed by atoms with Crippen LogP contribution in [0, 0.1) is 0 Å². The van der Waals surface area contributed by atoms with Crippen molar-refractivity contribution in [1.82, 2.24) is 30.8 Å². The van der Waals surface area contributed by atoms with Crippen LogP contribution in [0.25, 0.3) is 10.4 Å². The molecule has 0 rings (SSSR count). The number of halogens is 2. The average molecular weight is 257 g/mol. The van der Waals surface area contributed by atoms with Crippen LogP contribution in [-0.2, 0) is 16.0 Å². The molecular formula is H15Cl2CoN8. The molecule has 0 spiro atoms. The zero-order chi connectivity index (χ0) is 3.41. The molecule has 0 atom stereocenters. The standard InChI is InChI=1S/2ClH.Co.N3.5H3N/c;;;1-3-2;;;;;/h2*1H;;;5*1H3/q;;+3;-1;;;;;/p-2. The third-order valence-corrected chi connectivity index (χ3v) is 0.123. The second-order valence-corrected chi connectivity index (χ2v) is 0.364. The Morgan fingerprint density at radius 1 is 0.909 bits per heavy atom. The fraction of sp³-hybridized carbons (Fsp3) is 0. The van der Waals surface area contributed by atoms with Crippen molar-refractivity contribution in [2.24, 2.45) is 4.16 Å². The molecule has 0 fully saturated rings. The van der Waals surface area contributed by atoms with Gasteiger partial charge >= 0.3 is 30.6 Å². The average Bonchev–Trinajstić information content (AvgIpc) is 1.37. The first-order valence-electron chi connectivity index (χ1n) is 0.549. The van der Waals surface area contributed by atoms with E-state index in [0.717, 1.165) is 0 Å². The van der Waals surface area contributed by atoms with Crippen LogP contribution in [0.4, 0.5) is 0 Å². The van der Waals surface area contributed by atoms with E-state index in [1.165, 1.54) is 0 Å². The molecule has 0 aliphatic rings. The third-order valence-electron chi connectivity index (χ3n) is 0.0298. The van der Waals surface area contributed by atoms with Gasteiger partial charge in [0.05, 0.1) is 0 Å². The summed E-state index contributed by atoms with van der Waals surface area (Å²) in [7, 11) is 0. The van der Waals surface area contributed by atoms with E-state index >= 15 is 0 Å². The van der Waals surface area contributed by atoms with Crippen LogP contribution in [0.5, 0.6) is 0 Å². The SMILES string of the molecule is N.N.N.N.N.[Cl-].[Cl-].[N-]=[N+]=[N][Co+2]. The summed E-state index contributed by atoms with van der Waals surface area (Å²) in [5, 5.41) is 0. The molecule has 15 N–H and O–H groups in total. The van der Waals surface area contributed by atoms with E-state index < -0.39 is 0 Å². The van der Waals surface area contributed by atoms with Crippen molar-refractivity contribution in [3.63, 3.8) is 0 Å². The molecule has 0 aromatic heterocycles. The van der Waals surface area contributed by atoms with Gasteiger partial charge in [-0.05, 0) is 0 Å². The number of nitrogens with zero attached hydrogens (tertiary/aromatic N) is 3. The van der Waals surface area contributed by atoms with Crippen LogP contribution in [0.3, 0.4) is 0 Å². The van der Waals surface area contributed by atoms with Gasteiger partial charge in [-0.25, -0.2) is 0 Å².